The van der Waals surface area contributed by atoms with Crippen LogP contribution < -0.4 is 5.43 Å². The molecule has 3 rings (SSSR count). The van der Waals surface area contributed by atoms with Gasteiger partial charge >= 0.3 is 5.97 Å². The minimum Gasteiger partial charge on any atom is -0.502 e. The monoisotopic (exact) mass is 396 g/mol. The zero-order chi connectivity index (χ0) is 19.9. The van der Waals surface area contributed by atoms with Gasteiger partial charge in [0, 0.05) is 11.0 Å². The van der Waals surface area contributed by atoms with E-state index >= 15 is 0 Å². The molecule has 0 amide bonds. The smallest absolute Gasteiger partial charge is 0.306 e. The fourth-order valence-corrected chi connectivity index (χ4v) is 3.63. The van der Waals surface area contributed by atoms with Crippen molar-refractivity contribution in [2.75, 3.05) is 7.11 Å². The highest BCUT2D eigenvalue weighted by atomic mass is 32.2. The normalized spacial score (nSPS) is 11.8. The van der Waals surface area contributed by atoms with Crippen molar-refractivity contribution in [1.29, 1.82) is 0 Å². The van der Waals surface area contributed by atoms with E-state index in [4.69, 9.17) is 9.15 Å². The van der Waals surface area contributed by atoms with E-state index in [1.807, 2.05) is 60.7 Å². The van der Waals surface area contributed by atoms with Gasteiger partial charge in [-0.05, 0) is 17.7 Å². The molecule has 1 heterocycles. The molecule has 28 heavy (non-hydrogen) atoms. The topological polar surface area (TPSA) is 76.7 Å². The summed E-state index contributed by atoms with van der Waals surface area (Å²) in [5.41, 5.74) is 0.218. The van der Waals surface area contributed by atoms with E-state index < -0.39 is 23.1 Å². The lowest BCUT2D eigenvalue weighted by Crippen LogP contribution is -2.14. The summed E-state index contributed by atoms with van der Waals surface area (Å²) in [6, 6.07) is 20.1. The van der Waals surface area contributed by atoms with Crippen molar-refractivity contribution >= 4 is 17.7 Å². The molecular weight excluding hydrogens is 376 g/mol. The first-order valence-corrected chi connectivity index (χ1v) is 9.72. The zero-order valence-electron chi connectivity index (χ0n) is 15.3. The quantitative estimate of drug-likeness (QED) is 0.473. The Morgan fingerprint density at radius 2 is 1.75 bits per heavy atom. The van der Waals surface area contributed by atoms with Crippen molar-refractivity contribution in [3.8, 4) is 5.75 Å². The molecule has 3 aromatic rings. The third-order valence-electron chi connectivity index (χ3n) is 4.24. The number of hydrogen-bond acceptors (Lipinski definition) is 6. The second-order valence-corrected chi connectivity index (χ2v) is 7.18. The molecule has 0 aliphatic rings. The summed E-state index contributed by atoms with van der Waals surface area (Å²) < 4.78 is 10.7. The van der Waals surface area contributed by atoms with Gasteiger partial charge in [-0.25, -0.2) is 0 Å². The summed E-state index contributed by atoms with van der Waals surface area (Å²) in [4.78, 5) is 25.3. The Kier molecular flexibility index (Phi) is 6.55. The molecule has 1 N–H and O–H groups in total. The van der Waals surface area contributed by atoms with Gasteiger partial charge < -0.3 is 14.3 Å². The first-order chi connectivity index (χ1) is 13.6. The summed E-state index contributed by atoms with van der Waals surface area (Å²) in [5, 5.41) is 10.4. The fraction of sp³-hybridized carbons (Fsp3) is 0.182. The molecule has 0 unspecified atom stereocenters. The number of benzene rings is 2. The first-order valence-electron chi connectivity index (χ1n) is 8.74. The number of rotatable bonds is 7. The summed E-state index contributed by atoms with van der Waals surface area (Å²) in [6.07, 6.45) is -0.0493. The molecule has 0 bridgehead atoms. The maximum atomic E-state index is 12.3. The highest BCUT2D eigenvalue weighted by Gasteiger charge is 2.26. The maximum absolute atomic E-state index is 12.3. The van der Waals surface area contributed by atoms with Crippen molar-refractivity contribution in [3.05, 3.63) is 94.0 Å². The summed E-state index contributed by atoms with van der Waals surface area (Å²) >= 11 is 1.52. The van der Waals surface area contributed by atoms with Crippen LogP contribution in [0.1, 0.15) is 29.4 Å². The third kappa shape index (κ3) is 4.84. The zero-order valence-corrected chi connectivity index (χ0v) is 16.1. The Bertz CT molecular complexity index is 983. The highest BCUT2D eigenvalue weighted by molar-refractivity contribution is 7.98. The van der Waals surface area contributed by atoms with Gasteiger partial charge in [0.2, 0.25) is 11.2 Å². The van der Waals surface area contributed by atoms with Crippen molar-refractivity contribution in [2.24, 2.45) is 0 Å². The Labute approximate surface area is 167 Å². The van der Waals surface area contributed by atoms with Gasteiger partial charge in [-0.1, -0.05) is 48.5 Å². The molecule has 0 aliphatic carbocycles. The van der Waals surface area contributed by atoms with E-state index in [1.54, 1.807) is 0 Å². The van der Waals surface area contributed by atoms with Crippen LogP contribution in [0.15, 0.2) is 80.8 Å². The lowest BCUT2D eigenvalue weighted by atomic mass is 9.92. The predicted molar refractivity (Wildman–Crippen MR) is 108 cm³/mol. The van der Waals surface area contributed by atoms with E-state index in [2.05, 4.69) is 0 Å². The molecule has 6 heteroatoms. The van der Waals surface area contributed by atoms with Crippen LogP contribution in [0.3, 0.4) is 0 Å². The largest absolute Gasteiger partial charge is 0.502 e. The second kappa shape index (κ2) is 9.28. The number of ether oxygens (including phenoxy) is 1. The average Bonchev–Trinajstić information content (AvgIpc) is 2.74. The Morgan fingerprint density at radius 3 is 2.39 bits per heavy atom. The minimum atomic E-state index is -0.622. The molecule has 0 saturated carbocycles. The van der Waals surface area contributed by atoms with Crippen molar-refractivity contribution < 1.29 is 19.1 Å². The van der Waals surface area contributed by atoms with Gasteiger partial charge in [0.05, 0.1) is 25.2 Å². The number of thioether (sulfide) groups is 1. The second-order valence-electron chi connectivity index (χ2n) is 6.14. The molecule has 0 aliphatic heterocycles. The SMILES string of the molecule is COC(=O)C[C@@H](c1ccccc1)c1oc(CSc2ccccc2)cc(=O)c1O. The van der Waals surface area contributed by atoms with Crippen LogP contribution in [0.5, 0.6) is 5.75 Å². The lowest BCUT2D eigenvalue weighted by molar-refractivity contribution is -0.140. The lowest BCUT2D eigenvalue weighted by Gasteiger charge is -2.17. The molecule has 144 valence electrons. The molecule has 0 spiro atoms. The standard InChI is InChI=1S/C22H20O5S/c1-26-20(24)13-18(15-8-4-2-5-9-15)22-21(25)19(23)12-16(27-22)14-28-17-10-6-3-7-11-17/h2-12,18,25H,13-14H2,1H3/t18-/m0/s1. The Balaban J connectivity index is 1.96. The van der Waals surface area contributed by atoms with Crippen LogP contribution in [-0.4, -0.2) is 18.2 Å². The van der Waals surface area contributed by atoms with E-state index in [-0.39, 0.29) is 12.2 Å². The number of carbonyl (C=O) groups excluding carboxylic acids is 1. The van der Waals surface area contributed by atoms with Crippen LogP contribution >= 0.6 is 11.8 Å². The predicted octanol–water partition coefficient (Wildman–Crippen LogP) is 4.33. The molecule has 1 aromatic heterocycles. The first kappa shape index (κ1) is 19.8. The molecule has 0 fully saturated rings. The van der Waals surface area contributed by atoms with Crippen LogP contribution in [0.25, 0.3) is 0 Å². The molecule has 0 radical (unpaired) electrons. The number of carbonyl (C=O) groups is 1. The summed E-state index contributed by atoms with van der Waals surface area (Å²) in [6.45, 7) is 0. The number of hydrogen-bond donors (Lipinski definition) is 1. The number of aromatic hydroxyl groups is 1. The van der Waals surface area contributed by atoms with Gasteiger partial charge in [0.15, 0.2) is 5.76 Å². The fourth-order valence-electron chi connectivity index (χ4n) is 2.83. The van der Waals surface area contributed by atoms with Gasteiger partial charge in [-0.2, -0.15) is 0 Å². The van der Waals surface area contributed by atoms with E-state index in [0.717, 1.165) is 10.5 Å². The number of esters is 1. The maximum Gasteiger partial charge on any atom is 0.306 e. The van der Waals surface area contributed by atoms with Crippen molar-refractivity contribution in [2.45, 2.75) is 23.0 Å². The molecular formula is C22H20O5S. The van der Waals surface area contributed by atoms with E-state index in [9.17, 15) is 14.7 Å². The van der Waals surface area contributed by atoms with E-state index in [0.29, 0.717) is 11.5 Å². The van der Waals surface area contributed by atoms with Gasteiger partial charge in [-0.3, -0.25) is 9.59 Å². The van der Waals surface area contributed by atoms with Crippen LogP contribution in [-0.2, 0) is 15.3 Å². The Morgan fingerprint density at radius 1 is 1.11 bits per heavy atom. The average molecular weight is 396 g/mol. The van der Waals surface area contributed by atoms with Gasteiger partial charge in [0.25, 0.3) is 0 Å². The van der Waals surface area contributed by atoms with Crippen molar-refractivity contribution in [1.82, 2.24) is 0 Å². The molecule has 0 saturated heterocycles. The van der Waals surface area contributed by atoms with Crippen molar-refractivity contribution in [3.63, 3.8) is 0 Å². The van der Waals surface area contributed by atoms with Crippen LogP contribution in [0.2, 0.25) is 0 Å². The number of methoxy groups -OCH3 is 1. The molecule has 2 aromatic carbocycles. The van der Waals surface area contributed by atoms with E-state index in [1.165, 1.54) is 24.9 Å². The third-order valence-corrected chi connectivity index (χ3v) is 5.28. The minimum absolute atomic E-state index is 0.0493. The molecule has 5 nitrogen and oxygen atoms in total. The Hall–Kier alpha value is -2.99. The van der Waals surface area contributed by atoms with Gasteiger partial charge in [0.1, 0.15) is 5.76 Å². The molecule has 1 atom stereocenters. The van der Waals surface area contributed by atoms with Crippen LogP contribution in [0.4, 0.5) is 0 Å². The van der Waals surface area contributed by atoms with Crippen LogP contribution in [0, 0.1) is 0 Å². The van der Waals surface area contributed by atoms with Gasteiger partial charge in [-0.15, -0.1) is 11.8 Å². The summed E-state index contributed by atoms with van der Waals surface area (Å²) in [5.74, 6) is -0.633. The highest BCUT2D eigenvalue weighted by Crippen LogP contribution is 2.34. The summed E-state index contributed by atoms with van der Waals surface area (Å²) in [7, 11) is 1.30.